The number of nitrogens with zero attached hydrogens (tertiary/aromatic N) is 4. The van der Waals surface area contributed by atoms with Gasteiger partial charge in [0.2, 0.25) is 0 Å². The fraction of sp³-hybridized carbons (Fsp3) is 0.167. The minimum atomic E-state index is 0.402. The van der Waals surface area contributed by atoms with E-state index in [9.17, 15) is 0 Å². The molecule has 0 atom stereocenters. The highest BCUT2D eigenvalue weighted by Crippen LogP contribution is 2.18. The number of pyridine rings is 1. The molecule has 4 nitrogen and oxygen atoms in total. The number of aromatic nitrogens is 4. The Morgan fingerprint density at radius 3 is 2.94 bits per heavy atom. The van der Waals surface area contributed by atoms with Crippen LogP contribution in [0.15, 0.2) is 36.8 Å². The summed E-state index contributed by atoms with van der Waals surface area (Å²) in [5.74, 6) is 1.19. The number of imidazole rings is 1. The van der Waals surface area contributed by atoms with Crippen molar-refractivity contribution in [1.29, 1.82) is 0 Å². The third-order valence-corrected chi connectivity index (χ3v) is 2.92. The summed E-state index contributed by atoms with van der Waals surface area (Å²) in [4.78, 5) is 4.55. The fourth-order valence-corrected chi connectivity index (χ4v) is 2.12. The Morgan fingerprint density at radius 1 is 1.35 bits per heavy atom. The molecule has 3 aromatic rings. The number of alkyl halides is 1. The SMILES string of the molecule is Cc1cnn(-c2nc3ccccn3c2CCl)c1. The summed E-state index contributed by atoms with van der Waals surface area (Å²) in [5, 5.41) is 4.27. The lowest BCUT2D eigenvalue weighted by atomic mass is 10.4. The summed E-state index contributed by atoms with van der Waals surface area (Å²) in [6, 6.07) is 5.87. The van der Waals surface area contributed by atoms with Crippen LogP contribution < -0.4 is 0 Å². The Labute approximate surface area is 103 Å². The number of rotatable bonds is 2. The molecule has 0 spiro atoms. The maximum atomic E-state index is 6.01. The Balaban J connectivity index is 2.29. The number of hydrogen-bond donors (Lipinski definition) is 0. The second-order valence-corrected chi connectivity index (χ2v) is 4.17. The number of hydrogen-bond acceptors (Lipinski definition) is 2. The molecule has 0 saturated carbocycles. The highest BCUT2D eigenvalue weighted by molar-refractivity contribution is 6.17. The molecule has 0 aliphatic carbocycles. The molecule has 0 bridgehead atoms. The molecule has 3 aromatic heterocycles. The van der Waals surface area contributed by atoms with Crippen LogP contribution >= 0.6 is 11.6 Å². The molecule has 86 valence electrons. The zero-order valence-electron chi connectivity index (χ0n) is 9.34. The lowest BCUT2D eigenvalue weighted by Gasteiger charge is -2.00. The van der Waals surface area contributed by atoms with Crippen molar-refractivity contribution in [2.24, 2.45) is 0 Å². The van der Waals surface area contributed by atoms with E-state index in [0.717, 1.165) is 22.7 Å². The molecule has 0 saturated heterocycles. The van der Waals surface area contributed by atoms with Crippen LogP contribution in [-0.4, -0.2) is 19.2 Å². The Kier molecular flexibility index (Phi) is 2.37. The third kappa shape index (κ3) is 1.61. The van der Waals surface area contributed by atoms with Gasteiger partial charge in [0, 0.05) is 12.4 Å². The molecule has 0 unspecified atom stereocenters. The van der Waals surface area contributed by atoms with E-state index in [1.807, 2.05) is 48.1 Å². The zero-order valence-corrected chi connectivity index (χ0v) is 10.1. The van der Waals surface area contributed by atoms with E-state index in [-0.39, 0.29) is 0 Å². The molecule has 3 heterocycles. The molecular formula is C12H11ClN4. The zero-order chi connectivity index (χ0) is 11.8. The van der Waals surface area contributed by atoms with Gasteiger partial charge in [0.15, 0.2) is 5.82 Å². The monoisotopic (exact) mass is 246 g/mol. The highest BCUT2D eigenvalue weighted by Gasteiger charge is 2.12. The summed E-state index contributed by atoms with van der Waals surface area (Å²) in [5.41, 5.74) is 2.93. The van der Waals surface area contributed by atoms with Crippen LogP contribution in [0.3, 0.4) is 0 Å². The van der Waals surface area contributed by atoms with E-state index in [0.29, 0.717) is 5.88 Å². The normalized spacial score (nSPS) is 11.2. The van der Waals surface area contributed by atoms with Crippen molar-refractivity contribution in [2.45, 2.75) is 12.8 Å². The number of halogens is 1. The van der Waals surface area contributed by atoms with Gasteiger partial charge in [-0.1, -0.05) is 6.07 Å². The van der Waals surface area contributed by atoms with Crippen molar-refractivity contribution in [1.82, 2.24) is 19.2 Å². The summed E-state index contributed by atoms with van der Waals surface area (Å²) < 4.78 is 3.75. The molecule has 0 aliphatic heterocycles. The van der Waals surface area contributed by atoms with Gasteiger partial charge >= 0.3 is 0 Å². The van der Waals surface area contributed by atoms with Crippen molar-refractivity contribution < 1.29 is 0 Å². The highest BCUT2D eigenvalue weighted by atomic mass is 35.5. The van der Waals surface area contributed by atoms with E-state index in [1.165, 1.54) is 0 Å². The maximum Gasteiger partial charge on any atom is 0.176 e. The Morgan fingerprint density at radius 2 is 2.24 bits per heavy atom. The minimum absolute atomic E-state index is 0.402. The predicted molar refractivity (Wildman–Crippen MR) is 66.6 cm³/mol. The topological polar surface area (TPSA) is 35.1 Å². The molecule has 0 amide bonds. The van der Waals surface area contributed by atoms with Crippen molar-refractivity contribution in [3.8, 4) is 5.82 Å². The number of fused-ring (bicyclic) bond motifs is 1. The molecule has 0 radical (unpaired) electrons. The average molecular weight is 247 g/mol. The number of aryl methyl sites for hydroxylation is 1. The van der Waals surface area contributed by atoms with Gasteiger partial charge in [0.05, 0.1) is 17.8 Å². The third-order valence-electron chi connectivity index (χ3n) is 2.66. The fourth-order valence-electron chi connectivity index (χ4n) is 1.87. The first-order valence-corrected chi connectivity index (χ1v) is 5.86. The lowest BCUT2D eigenvalue weighted by molar-refractivity contribution is 0.842. The van der Waals surface area contributed by atoms with Crippen molar-refractivity contribution in [3.05, 3.63) is 48.0 Å². The van der Waals surface area contributed by atoms with Crippen LogP contribution in [0, 0.1) is 6.92 Å². The van der Waals surface area contributed by atoms with E-state index in [1.54, 1.807) is 4.68 Å². The van der Waals surface area contributed by atoms with Gasteiger partial charge in [-0.2, -0.15) is 5.10 Å². The van der Waals surface area contributed by atoms with Crippen molar-refractivity contribution in [3.63, 3.8) is 0 Å². The van der Waals surface area contributed by atoms with Gasteiger partial charge < -0.3 is 4.40 Å². The van der Waals surface area contributed by atoms with Crippen LogP contribution in [0.4, 0.5) is 0 Å². The van der Waals surface area contributed by atoms with E-state index < -0.39 is 0 Å². The molecule has 0 aliphatic rings. The molecule has 3 rings (SSSR count). The lowest BCUT2D eigenvalue weighted by Crippen LogP contribution is -1.99. The molecule has 17 heavy (non-hydrogen) atoms. The minimum Gasteiger partial charge on any atom is -0.301 e. The van der Waals surface area contributed by atoms with Crippen molar-refractivity contribution in [2.75, 3.05) is 0 Å². The summed E-state index contributed by atoms with van der Waals surface area (Å²) in [6.45, 7) is 2.00. The standard InChI is InChI=1S/C12H11ClN4/c1-9-7-14-17(8-9)12-10(6-13)16-5-3-2-4-11(16)15-12/h2-5,7-8H,6H2,1H3. The Bertz CT molecular complexity index is 668. The maximum absolute atomic E-state index is 6.01. The smallest absolute Gasteiger partial charge is 0.176 e. The summed E-state index contributed by atoms with van der Waals surface area (Å²) >= 11 is 6.01. The quantitative estimate of drug-likeness (QED) is 0.652. The Hall–Kier alpha value is -1.81. The first-order valence-electron chi connectivity index (χ1n) is 5.33. The van der Waals surface area contributed by atoms with Crippen LogP contribution in [0.2, 0.25) is 0 Å². The predicted octanol–water partition coefficient (Wildman–Crippen LogP) is 2.57. The second kappa shape index (κ2) is 3.89. The second-order valence-electron chi connectivity index (χ2n) is 3.91. The molecule has 0 aromatic carbocycles. The van der Waals surface area contributed by atoms with Crippen molar-refractivity contribution >= 4 is 17.2 Å². The molecule has 5 heteroatoms. The first kappa shape index (κ1) is 10.4. The summed E-state index contributed by atoms with van der Waals surface area (Å²) in [7, 11) is 0. The van der Waals surface area contributed by atoms with Crippen LogP contribution in [0.5, 0.6) is 0 Å². The van der Waals surface area contributed by atoms with Crippen LogP contribution in [0.25, 0.3) is 11.5 Å². The van der Waals surface area contributed by atoms with Gasteiger partial charge in [0.25, 0.3) is 0 Å². The molecular weight excluding hydrogens is 236 g/mol. The van der Waals surface area contributed by atoms with Crippen LogP contribution in [0.1, 0.15) is 11.3 Å². The van der Waals surface area contributed by atoms with E-state index in [2.05, 4.69) is 10.1 Å². The van der Waals surface area contributed by atoms with Gasteiger partial charge in [-0.05, 0) is 24.6 Å². The van der Waals surface area contributed by atoms with Gasteiger partial charge in [0.1, 0.15) is 5.65 Å². The van der Waals surface area contributed by atoms with E-state index in [4.69, 9.17) is 11.6 Å². The summed E-state index contributed by atoms with van der Waals surface area (Å²) in [6.07, 6.45) is 5.71. The van der Waals surface area contributed by atoms with Gasteiger partial charge in [-0.15, -0.1) is 11.6 Å². The van der Waals surface area contributed by atoms with Gasteiger partial charge in [-0.25, -0.2) is 9.67 Å². The van der Waals surface area contributed by atoms with Gasteiger partial charge in [-0.3, -0.25) is 0 Å². The van der Waals surface area contributed by atoms with Crippen LogP contribution in [-0.2, 0) is 5.88 Å². The van der Waals surface area contributed by atoms with E-state index >= 15 is 0 Å². The first-order chi connectivity index (χ1) is 8.29. The molecule has 0 N–H and O–H groups in total. The average Bonchev–Trinajstić information content (AvgIpc) is 2.91. The largest absolute Gasteiger partial charge is 0.301 e. The molecule has 0 fully saturated rings.